The van der Waals surface area contributed by atoms with Crippen LogP contribution in [0.25, 0.3) is 11.1 Å². The van der Waals surface area contributed by atoms with Gasteiger partial charge in [0.05, 0.1) is 5.56 Å². The number of primary amides is 1. The van der Waals surface area contributed by atoms with Crippen molar-refractivity contribution < 1.29 is 13.6 Å². The number of aromatic nitrogens is 1. The van der Waals surface area contributed by atoms with Gasteiger partial charge >= 0.3 is 0 Å². The molecule has 3 nitrogen and oxygen atoms in total. The summed E-state index contributed by atoms with van der Waals surface area (Å²) in [5.74, 6) is -2.20. The molecule has 0 aliphatic heterocycles. The molecule has 0 aliphatic carbocycles. The lowest BCUT2D eigenvalue weighted by atomic mass is 10.1. The van der Waals surface area contributed by atoms with E-state index in [0.717, 1.165) is 18.2 Å². The van der Waals surface area contributed by atoms with Gasteiger partial charge in [-0.3, -0.25) is 4.79 Å². The third kappa shape index (κ3) is 2.46. The van der Waals surface area contributed by atoms with Gasteiger partial charge in [0, 0.05) is 17.8 Å². The van der Waals surface area contributed by atoms with E-state index in [9.17, 15) is 13.6 Å². The van der Waals surface area contributed by atoms with Crippen LogP contribution in [0.15, 0.2) is 30.5 Å². The van der Waals surface area contributed by atoms with Crippen LogP contribution in [0.1, 0.15) is 10.4 Å². The normalized spacial score (nSPS) is 10.4. The number of carbonyl (C=O) groups excluding carboxylic acids is 1. The fourth-order valence-electron chi connectivity index (χ4n) is 1.50. The van der Waals surface area contributed by atoms with Crippen molar-refractivity contribution in [2.75, 3.05) is 0 Å². The minimum atomic E-state index is -0.758. The standard InChI is InChI=1S/C12H7ClF2N2O/c13-11-10(12(16)18)3-7(5-17-11)6-1-8(14)4-9(15)2-6/h1-5H,(H2,16,18). The van der Waals surface area contributed by atoms with Crippen molar-refractivity contribution in [3.63, 3.8) is 0 Å². The molecule has 2 aromatic rings. The molecular weight excluding hydrogens is 262 g/mol. The minimum absolute atomic E-state index is 0.00108. The SMILES string of the molecule is NC(=O)c1cc(-c2cc(F)cc(F)c2)cnc1Cl. The van der Waals surface area contributed by atoms with Gasteiger partial charge in [0.15, 0.2) is 0 Å². The molecule has 18 heavy (non-hydrogen) atoms. The van der Waals surface area contributed by atoms with Crippen LogP contribution in [-0.4, -0.2) is 10.9 Å². The summed E-state index contributed by atoms with van der Waals surface area (Å²) < 4.78 is 26.1. The highest BCUT2D eigenvalue weighted by molar-refractivity contribution is 6.32. The molecule has 0 fully saturated rings. The van der Waals surface area contributed by atoms with Crippen molar-refractivity contribution in [3.8, 4) is 11.1 Å². The number of nitrogens with two attached hydrogens (primary N) is 1. The van der Waals surface area contributed by atoms with Gasteiger partial charge in [-0.15, -0.1) is 0 Å². The van der Waals surface area contributed by atoms with E-state index in [2.05, 4.69) is 4.98 Å². The maximum absolute atomic E-state index is 13.1. The number of amides is 1. The molecule has 92 valence electrons. The summed E-state index contributed by atoms with van der Waals surface area (Å²) in [4.78, 5) is 14.8. The molecule has 2 N–H and O–H groups in total. The van der Waals surface area contributed by atoms with E-state index in [1.807, 2.05) is 0 Å². The first kappa shape index (κ1) is 12.4. The number of carbonyl (C=O) groups is 1. The van der Waals surface area contributed by atoms with Crippen molar-refractivity contribution in [1.82, 2.24) is 4.98 Å². The fraction of sp³-hybridized carbons (Fsp3) is 0. The lowest BCUT2D eigenvalue weighted by molar-refractivity contribution is 0.1000. The predicted octanol–water partition coefficient (Wildman–Crippen LogP) is 2.78. The zero-order chi connectivity index (χ0) is 13.3. The van der Waals surface area contributed by atoms with E-state index in [-0.39, 0.29) is 16.3 Å². The molecular formula is C12H7ClF2N2O. The van der Waals surface area contributed by atoms with Gasteiger partial charge in [-0.1, -0.05) is 11.6 Å². The molecule has 1 aromatic heterocycles. The second-order valence-corrected chi connectivity index (χ2v) is 3.94. The molecule has 0 atom stereocenters. The van der Waals surface area contributed by atoms with Crippen molar-refractivity contribution in [3.05, 3.63) is 52.8 Å². The van der Waals surface area contributed by atoms with Crippen LogP contribution in [0, 0.1) is 11.6 Å². The summed E-state index contributed by atoms with van der Waals surface area (Å²) in [6.07, 6.45) is 1.31. The van der Waals surface area contributed by atoms with Gasteiger partial charge < -0.3 is 5.73 Å². The van der Waals surface area contributed by atoms with E-state index in [1.165, 1.54) is 12.3 Å². The zero-order valence-corrected chi connectivity index (χ0v) is 9.71. The van der Waals surface area contributed by atoms with Crippen LogP contribution in [0.3, 0.4) is 0 Å². The number of rotatable bonds is 2. The van der Waals surface area contributed by atoms with Crippen molar-refractivity contribution in [2.45, 2.75) is 0 Å². The lowest BCUT2D eigenvalue weighted by Crippen LogP contribution is -2.12. The second-order valence-electron chi connectivity index (χ2n) is 3.58. The Kier molecular flexibility index (Phi) is 3.25. The van der Waals surface area contributed by atoms with Crippen molar-refractivity contribution >= 4 is 17.5 Å². The van der Waals surface area contributed by atoms with Crippen LogP contribution in [0.2, 0.25) is 5.15 Å². The monoisotopic (exact) mass is 268 g/mol. The third-order valence-corrected chi connectivity index (χ3v) is 2.60. The summed E-state index contributed by atoms with van der Waals surface area (Å²) in [5.41, 5.74) is 5.71. The lowest BCUT2D eigenvalue weighted by Gasteiger charge is -2.05. The molecule has 1 aromatic carbocycles. The number of hydrogen-bond donors (Lipinski definition) is 1. The van der Waals surface area contributed by atoms with Crippen LogP contribution < -0.4 is 5.73 Å². The maximum Gasteiger partial charge on any atom is 0.251 e. The Morgan fingerprint density at radius 2 is 1.72 bits per heavy atom. The molecule has 0 saturated carbocycles. The Bertz CT molecular complexity index is 611. The van der Waals surface area contributed by atoms with E-state index in [0.29, 0.717) is 5.56 Å². The number of nitrogens with zero attached hydrogens (tertiary/aromatic N) is 1. The average Bonchev–Trinajstić information content (AvgIpc) is 2.27. The summed E-state index contributed by atoms with van der Waals surface area (Å²) in [6.45, 7) is 0. The van der Waals surface area contributed by atoms with Crippen LogP contribution in [0.5, 0.6) is 0 Å². The molecule has 1 amide bonds. The molecule has 2 rings (SSSR count). The number of benzene rings is 1. The van der Waals surface area contributed by atoms with Gasteiger partial charge in [0.25, 0.3) is 5.91 Å². The van der Waals surface area contributed by atoms with E-state index in [4.69, 9.17) is 17.3 Å². The van der Waals surface area contributed by atoms with E-state index in [1.54, 1.807) is 0 Å². The highest BCUT2D eigenvalue weighted by atomic mass is 35.5. The quantitative estimate of drug-likeness (QED) is 0.852. The number of pyridine rings is 1. The van der Waals surface area contributed by atoms with Crippen LogP contribution in [0.4, 0.5) is 8.78 Å². The summed E-state index contributed by atoms with van der Waals surface area (Å²) in [5, 5.41) is -0.0527. The molecule has 0 spiro atoms. The van der Waals surface area contributed by atoms with Crippen LogP contribution >= 0.6 is 11.6 Å². The molecule has 0 bridgehead atoms. The topological polar surface area (TPSA) is 56.0 Å². The molecule has 1 heterocycles. The highest BCUT2D eigenvalue weighted by Crippen LogP contribution is 2.24. The second kappa shape index (κ2) is 4.70. The first-order valence-corrected chi connectivity index (χ1v) is 5.27. The molecule has 6 heteroatoms. The van der Waals surface area contributed by atoms with Crippen molar-refractivity contribution in [1.29, 1.82) is 0 Å². The third-order valence-electron chi connectivity index (χ3n) is 2.30. The first-order valence-electron chi connectivity index (χ1n) is 4.89. The average molecular weight is 269 g/mol. The molecule has 0 radical (unpaired) electrons. The Hall–Kier alpha value is -2.01. The molecule has 0 unspecified atom stereocenters. The first-order chi connectivity index (χ1) is 8.47. The smallest absolute Gasteiger partial charge is 0.251 e. The minimum Gasteiger partial charge on any atom is -0.366 e. The van der Waals surface area contributed by atoms with E-state index >= 15 is 0 Å². The molecule has 0 saturated heterocycles. The van der Waals surface area contributed by atoms with Gasteiger partial charge in [-0.25, -0.2) is 13.8 Å². The number of hydrogen-bond acceptors (Lipinski definition) is 2. The van der Waals surface area contributed by atoms with Gasteiger partial charge in [0.2, 0.25) is 0 Å². The Morgan fingerprint density at radius 1 is 1.11 bits per heavy atom. The van der Waals surface area contributed by atoms with Gasteiger partial charge in [0.1, 0.15) is 16.8 Å². The van der Waals surface area contributed by atoms with Gasteiger partial charge in [-0.05, 0) is 23.8 Å². The Balaban J connectivity index is 2.57. The molecule has 0 aliphatic rings. The van der Waals surface area contributed by atoms with Crippen LogP contribution in [-0.2, 0) is 0 Å². The zero-order valence-electron chi connectivity index (χ0n) is 8.95. The predicted molar refractivity (Wildman–Crippen MR) is 63.1 cm³/mol. The largest absolute Gasteiger partial charge is 0.366 e. The Labute approximate surface area is 106 Å². The summed E-state index contributed by atoms with van der Waals surface area (Å²) in [6, 6.07) is 4.34. The fourth-order valence-corrected chi connectivity index (χ4v) is 1.70. The van der Waals surface area contributed by atoms with Crippen molar-refractivity contribution in [2.24, 2.45) is 5.73 Å². The summed E-state index contributed by atoms with van der Waals surface area (Å²) in [7, 11) is 0. The van der Waals surface area contributed by atoms with E-state index < -0.39 is 17.5 Å². The number of halogens is 3. The Morgan fingerprint density at radius 3 is 2.28 bits per heavy atom. The highest BCUT2D eigenvalue weighted by Gasteiger charge is 2.11. The maximum atomic E-state index is 13.1. The summed E-state index contributed by atoms with van der Waals surface area (Å²) >= 11 is 5.68. The van der Waals surface area contributed by atoms with Gasteiger partial charge in [-0.2, -0.15) is 0 Å².